The summed E-state index contributed by atoms with van der Waals surface area (Å²) in [6, 6.07) is 1.97. The van der Waals surface area contributed by atoms with Crippen molar-refractivity contribution < 1.29 is 13.2 Å². The lowest BCUT2D eigenvalue weighted by atomic mass is 9.79. The van der Waals surface area contributed by atoms with Gasteiger partial charge in [-0.2, -0.15) is 0 Å². The lowest BCUT2D eigenvalue weighted by molar-refractivity contribution is -0.0454. The van der Waals surface area contributed by atoms with E-state index < -0.39 is 10.0 Å². The molecule has 2 fully saturated rings. The molecular formula is C15H25N5O3S. The van der Waals surface area contributed by atoms with E-state index in [-0.39, 0.29) is 5.60 Å². The number of nitrogens with zero attached hydrogens (tertiary/aromatic N) is 4. The average Bonchev–Trinajstić information content (AvgIpc) is 2.88. The van der Waals surface area contributed by atoms with Crippen LogP contribution in [0, 0.1) is 5.92 Å². The van der Waals surface area contributed by atoms with Gasteiger partial charge in [-0.3, -0.25) is 0 Å². The van der Waals surface area contributed by atoms with E-state index in [0.29, 0.717) is 12.5 Å². The first-order valence-corrected chi connectivity index (χ1v) is 10.0. The van der Waals surface area contributed by atoms with Crippen molar-refractivity contribution in [2.75, 3.05) is 56.4 Å². The van der Waals surface area contributed by atoms with Crippen molar-refractivity contribution in [2.45, 2.75) is 18.4 Å². The van der Waals surface area contributed by atoms with Crippen molar-refractivity contribution >= 4 is 21.7 Å². The van der Waals surface area contributed by atoms with E-state index in [2.05, 4.69) is 19.6 Å². The lowest BCUT2D eigenvalue weighted by Gasteiger charge is -2.51. The molecule has 0 amide bonds. The van der Waals surface area contributed by atoms with Gasteiger partial charge in [0.05, 0.1) is 19.3 Å². The highest BCUT2D eigenvalue weighted by Crippen LogP contribution is 2.43. The van der Waals surface area contributed by atoms with E-state index in [4.69, 9.17) is 4.74 Å². The third-order valence-corrected chi connectivity index (χ3v) is 5.52. The summed E-state index contributed by atoms with van der Waals surface area (Å²) in [5.74, 6) is 2.16. The molecule has 8 nitrogen and oxygen atoms in total. The number of hydrogen-bond donors (Lipinski definition) is 1. The number of aromatic nitrogens is 2. The zero-order valence-electron chi connectivity index (χ0n) is 14.4. The second-order valence-electron chi connectivity index (χ2n) is 6.84. The molecule has 24 heavy (non-hydrogen) atoms. The monoisotopic (exact) mass is 355 g/mol. The van der Waals surface area contributed by atoms with Crippen LogP contribution in [0.4, 0.5) is 11.6 Å². The van der Waals surface area contributed by atoms with Crippen molar-refractivity contribution in [3.63, 3.8) is 0 Å². The molecule has 0 aliphatic carbocycles. The van der Waals surface area contributed by atoms with Crippen LogP contribution in [-0.2, 0) is 14.8 Å². The minimum atomic E-state index is -3.13. The highest BCUT2D eigenvalue weighted by atomic mass is 32.2. The van der Waals surface area contributed by atoms with Crippen molar-refractivity contribution in [3.05, 3.63) is 12.4 Å². The van der Waals surface area contributed by atoms with Gasteiger partial charge in [0.25, 0.3) is 0 Å². The van der Waals surface area contributed by atoms with Crippen molar-refractivity contribution in [3.8, 4) is 0 Å². The van der Waals surface area contributed by atoms with E-state index in [1.807, 2.05) is 25.1 Å². The highest BCUT2D eigenvalue weighted by Gasteiger charge is 2.53. The molecule has 1 aromatic heterocycles. The first-order chi connectivity index (χ1) is 11.3. The number of nitrogens with one attached hydrogen (secondary N) is 1. The quantitative estimate of drug-likeness (QED) is 0.773. The van der Waals surface area contributed by atoms with Crippen LogP contribution in [0.15, 0.2) is 12.4 Å². The lowest BCUT2D eigenvalue weighted by Crippen LogP contribution is -2.65. The summed E-state index contributed by atoms with van der Waals surface area (Å²) >= 11 is 0. The van der Waals surface area contributed by atoms with Gasteiger partial charge >= 0.3 is 0 Å². The Morgan fingerprint density at radius 2 is 2.17 bits per heavy atom. The van der Waals surface area contributed by atoms with Crippen LogP contribution in [0.3, 0.4) is 0 Å². The largest absolute Gasteiger partial charge is 0.371 e. The van der Waals surface area contributed by atoms with Gasteiger partial charge in [0.2, 0.25) is 10.0 Å². The minimum Gasteiger partial charge on any atom is -0.371 e. The Morgan fingerprint density at radius 3 is 2.83 bits per heavy atom. The van der Waals surface area contributed by atoms with Crippen LogP contribution < -0.4 is 14.5 Å². The van der Waals surface area contributed by atoms with Crippen molar-refractivity contribution in [2.24, 2.45) is 5.92 Å². The van der Waals surface area contributed by atoms with Gasteiger partial charge in [0, 0.05) is 33.3 Å². The Labute approximate surface area is 143 Å². The normalized spacial score (nSPS) is 22.6. The summed E-state index contributed by atoms with van der Waals surface area (Å²) in [5.41, 5.74) is -0.164. The van der Waals surface area contributed by atoms with Crippen LogP contribution in [0.2, 0.25) is 0 Å². The molecule has 0 aromatic carbocycles. The molecule has 1 unspecified atom stereocenters. The molecule has 3 rings (SSSR count). The maximum Gasteiger partial charge on any atom is 0.208 e. The van der Waals surface area contributed by atoms with Gasteiger partial charge < -0.3 is 14.5 Å². The Morgan fingerprint density at radius 1 is 1.42 bits per heavy atom. The van der Waals surface area contributed by atoms with Crippen LogP contribution in [0.1, 0.15) is 12.8 Å². The molecule has 2 aliphatic heterocycles. The molecule has 1 aromatic rings. The van der Waals surface area contributed by atoms with Crippen molar-refractivity contribution in [1.82, 2.24) is 14.7 Å². The van der Waals surface area contributed by atoms with Crippen LogP contribution >= 0.6 is 0 Å². The molecule has 9 heteroatoms. The zero-order valence-corrected chi connectivity index (χ0v) is 15.2. The van der Waals surface area contributed by atoms with Gasteiger partial charge in [-0.05, 0) is 18.8 Å². The summed E-state index contributed by atoms with van der Waals surface area (Å²) in [6.07, 6.45) is 4.55. The van der Waals surface area contributed by atoms with E-state index in [0.717, 1.165) is 44.2 Å². The Bertz CT molecular complexity index is 688. The molecule has 1 atom stereocenters. The molecule has 0 radical (unpaired) electrons. The molecule has 2 saturated heterocycles. The van der Waals surface area contributed by atoms with Crippen LogP contribution in [0.5, 0.6) is 0 Å². The SMILES string of the molecule is CN(C)c1cc(N2CC3(C2)OCCC3CCNS(C)(=O)=O)ncn1. The van der Waals surface area contributed by atoms with Crippen LogP contribution in [-0.4, -0.2) is 70.6 Å². The van der Waals surface area contributed by atoms with Gasteiger partial charge in [-0.25, -0.2) is 23.1 Å². The number of ether oxygens (including phenoxy) is 1. The molecule has 2 aliphatic rings. The number of rotatable bonds is 6. The first-order valence-electron chi connectivity index (χ1n) is 8.12. The third-order valence-electron chi connectivity index (χ3n) is 4.79. The van der Waals surface area contributed by atoms with Crippen molar-refractivity contribution in [1.29, 1.82) is 0 Å². The fourth-order valence-electron chi connectivity index (χ4n) is 3.48. The van der Waals surface area contributed by atoms with Gasteiger partial charge in [0.1, 0.15) is 23.6 Å². The van der Waals surface area contributed by atoms with Crippen LogP contribution in [0.25, 0.3) is 0 Å². The summed E-state index contributed by atoms with van der Waals surface area (Å²) < 4.78 is 31.0. The summed E-state index contributed by atoms with van der Waals surface area (Å²) in [4.78, 5) is 12.7. The molecule has 134 valence electrons. The first kappa shape index (κ1) is 17.4. The third kappa shape index (κ3) is 3.62. The number of sulfonamides is 1. The Balaban J connectivity index is 1.60. The minimum absolute atomic E-state index is 0.164. The highest BCUT2D eigenvalue weighted by molar-refractivity contribution is 7.88. The number of hydrogen-bond acceptors (Lipinski definition) is 7. The second-order valence-corrected chi connectivity index (χ2v) is 8.67. The van der Waals surface area contributed by atoms with Gasteiger partial charge in [-0.1, -0.05) is 0 Å². The molecule has 0 bridgehead atoms. The van der Waals surface area contributed by atoms with E-state index in [1.54, 1.807) is 6.33 Å². The fraction of sp³-hybridized carbons (Fsp3) is 0.733. The summed E-state index contributed by atoms with van der Waals surface area (Å²) in [6.45, 7) is 2.79. The van der Waals surface area contributed by atoms with E-state index >= 15 is 0 Å². The zero-order chi connectivity index (χ0) is 17.4. The Kier molecular flexibility index (Phi) is 4.67. The van der Waals surface area contributed by atoms with Gasteiger partial charge in [0.15, 0.2) is 0 Å². The van der Waals surface area contributed by atoms with E-state index in [1.165, 1.54) is 6.26 Å². The predicted molar refractivity (Wildman–Crippen MR) is 92.8 cm³/mol. The second kappa shape index (κ2) is 6.45. The topological polar surface area (TPSA) is 87.7 Å². The maximum atomic E-state index is 11.2. The fourth-order valence-corrected chi connectivity index (χ4v) is 3.97. The Hall–Kier alpha value is -1.45. The predicted octanol–water partition coefficient (Wildman–Crippen LogP) is 0.0772. The average molecular weight is 355 g/mol. The molecular weight excluding hydrogens is 330 g/mol. The molecule has 0 saturated carbocycles. The molecule has 1 spiro atoms. The van der Waals surface area contributed by atoms with Gasteiger partial charge in [-0.15, -0.1) is 0 Å². The summed E-state index contributed by atoms with van der Waals surface area (Å²) in [7, 11) is 0.775. The molecule has 3 heterocycles. The number of anilines is 2. The smallest absolute Gasteiger partial charge is 0.208 e. The summed E-state index contributed by atoms with van der Waals surface area (Å²) in [5, 5.41) is 0. The maximum absolute atomic E-state index is 11.2. The standard InChI is InChI=1S/C15H25N5O3S/c1-19(2)13-8-14(17-11-16-13)20-9-15(10-20)12(5-7-23-15)4-6-18-24(3,21)22/h8,11-12,18H,4-7,9-10H2,1-3H3. The molecule has 1 N–H and O–H groups in total. The van der Waals surface area contributed by atoms with E-state index in [9.17, 15) is 8.42 Å².